The molecule has 0 saturated carbocycles. The van der Waals surface area contributed by atoms with E-state index in [4.69, 9.17) is 5.26 Å². The van der Waals surface area contributed by atoms with Crippen LogP contribution in [0.25, 0.3) is 0 Å². The van der Waals surface area contributed by atoms with Crippen LogP contribution in [0.5, 0.6) is 0 Å². The molecule has 0 saturated heterocycles. The number of rotatable bonds is 6. The van der Waals surface area contributed by atoms with Crippen LogP contribution in [0.1, 0.15) is 12.0 Å². The van der Waals surface area contributed by atoms with Gasteiger partial charge in [-0.25, -0.2) is 4.98 Å². The molecule has 6 heteroatoms. The van der Waals surface area contributed by atoms with E-state index in [0.717, 1.165) is 11.4 Å². The number of hydrogen-bond acceptors (Lipinski definition) is 6. The van der Waals surface area contributed by atoms with Crippen molar-refractivity contribution in [3.8, 4) is 6.07 Å². The van der Waals surface area contributed by atoms with Crippen LogP contribution in [0.2, 0.25) is 0 Å². The molecular formula is C14H16N6. The molecule has 0 amide bonds. The fourth-order valence-electron chi connectivity index (χ4n) is 1.80. The molecule has 0 spiro atoms. The average Bonchev–Trinajstić information content (AvgIpc) is 2.52. The van der Waals surface area contributed by atoms with Crippen molar-refractivity contribution in [2.24, 2.45) is 0 Å². The molecule has 0 aliphatic rings. The highest BCUT2D eigenvalue weighted by Crippen LogP contribution is 2.15. The third-order valence-corrected chi connectivity index (χ3v) is 2.79. The molecule has 2 aromatic heterocycles. The number of nitrogens with one attached hydrogen (secondary N) is 1. The summed E-state index contributed by atoms with van der Waals surface area (Å²) in [4.78, 5) is 14.8. The molecule has 2 rings (SSSR count). The second-order valence-electron chi connectivity index (χ2n) is 4.20. The van der Waals surface area contributed by atoms with Gasteiger partial charge in [0.2, 0.25) is 0 Å². The van der Waals surface area contributed by atoms with Crippen molar-refractivity contribution in [2.45, 2.75) is 13.0 Å². The van der Waals surface area contributed by atoms with Crippen molar-refractivity contribution in [1.82, 2.24) is 15.0 Å². The van der Waals surface area contributed by atoms with E-state index in [1.807, 2.05) is 23.2 Å². The van der Waals surface area contributed by atoms with E-state index < -0.39 is 0 Å². The summed E-state index contributed by atoms with van der Waals surface area (Å²) >= 11 is 0. The first-order valence-electron chi connectivity index (χ1n) is 6.34. The lowest BCUT2D eigenvalue weighted by Gasteiger charge is -2.22. The highest BCUT2D eigenvalue weighted by molar-refractivity contribution is 5.44. The first kappa shape index (κ1) is 13.7. The van der Waals surface area contributed by atoms with Crippen LogP contribution in [0.15, 0.2) is 36.9 Å². The Kier molecular flexibility index (Phi) is 4.84. The largest absolute Gasteiger partial charge is 0.372 e. The molecule has 1 N–H and O–H groups in total. The molecule has 0 bridgehead atoms. The van der Waals surface area contributed by atoms with Crippen molar-refractivity contribution in [3.05, 3.63) is 42.5 Å². The molecule has 0 fully saturated rings. The number of anilines is 2. The summed E-state index contributed by atoms with van der Waals surface area (Å²) in [6.45, 7) is 1.25. The van der Waals surface area contributed by atoms with Gasteiger partial charge in [-0.15, -0.1) is 0 Å². The molecule has 20 heavy (non-hydrogen) atoms. The predicted molar refractivity (Wildman–Crippen MR) is 77.1 cm³/mol. The molecule has 2 heterocycles. The summed E-state index contributed by atoms with van der Waals surface area (Å²) in [5.41, 5.74) is 1.07. The van der Waals surface area contributed by atoms with Crippen molar-refractivity contribution in [2.75, 3.05) is 23.8 Å². The van der Waals surface area contributed by atoms with Crippen LogP contribution in [0.3, 0.4) is 0 Å². The molecule has 0 aliphatic heterocycles. The van der Waals surface area contributed by atoms with Gasteiger partial charge < -0.3 is 10.2 Å². The second kappa shape index (κ2) is 7.04. The van der Waals surface area contributed by atoms with Gasteiger partial charge in [0, 0.05) is 32.5 Å². The molecule has 0 radical (unpaired) electrons. The zero-order chi connectivity index (χ0) is 14.2. The SMILES string of the molecule is CNc1cncc(N(CCC#N)Cc2cccnc2)n1. The first-order valence-corrected chi connectivity index (χ1v) is 6.34. The van der Waals surface area contributed by atoms with Crippen molar-refractivity contribution >= 4 is 11.6 Å². The Morgan fingerprint density at radius 1 is 1.30 bits per heavy atom. The van der Waals surface area contributed by atoms with E-state index in [2.05, 4.69) is 26.3 Å². The van der Waals surface area contributed by atoms with Crippen LogP contribution in [-0.2, 0) is 6.54 Å². The minimum Gasteiger partial charge on any atom is -0.372 e. The van der Waals surface area contributed by atoms with Gasteiger partial charge in [0.1, 0.15) is 11.6 Å². The van der Waals surface area contributed by atoms with Crippen LogP contribution in [0, 0.1) is 11.3 Å². The van der Waals surface area contributed by atoms with Crippen molar-refractivity contribution in [1.29, 1.82) is 5.26 Å². The number of nitriles is 1. The Morgan fingerprint density at radius 3 is 2.90 bits per heavy atom. The zero-order valence-electron chi connectivity index (χ0n) is 11.3. The van der Waals surface area contributed by atoms with Gasteiger partial charge in [-0.05, 0) is 11.6 Å². The van der Waals surface area contributed by atoms with E-state index in [1.54, 1.807) is 25.6 Å². The molecule has 0 aliphatic carbocycles. The van der Waals surface area contributed by atoms with E-state index in [0.29, 0.717) is 25.3 Å². The summed E-state index contributed by atoms with van der Waals surface area (Å²) in [5.74, 6) is 1.45. The monoisotopic (exact) mass is 268 g/mol. The van der Waals surface area contributed by atoms with Crippen LogP contribution < -0.4 is 10.2 Å². The number of hydrogen-bond donors (Lipinski definition) is 1. The Labute approximate surface area is 118 Å². The van der Waals surface area contributed by atoms with Gasteiger partial charge in [0.25, 0.3) is 0 Å². The lowest BCUT2D eigenvalue weighted by Crippen LogP contribution is -2.25. The van der Waals surface area contributed by atoms with Gasteiger partial charge in [-0.1, -0.05) is 6.07 Å². The van der Waals surface area contributed by atoms with Gasteiger partial charge in [0.05, 0.1) is 24.9 Å². The van der Waals surface area contributed by atoms with E-state index in [1.165, 1.54) is 0 Å². The molecule has 102 valence electrons. The minimum absolute atomic E-state index is 0.436. The Balaban J connectivity index is 2.20. The quantitative estimate of drug-likeness (QED) is 0.861. The molecule has 2 aromatic rings. The standard InChI is InChI=1S/C14H16N6/c1-16-13-9-18-10-14(19-13)20(7-3-5-15)11-12-4-2-6-17-8-12/h2,4,6,8-10H,3,7,11H2,1H3,(H,16,19). The van der Waals surface area contributed by atoms with Gasteiger partial charge in [0.15, 0.2) is 0 Å². The number of nitrogens with zero attached hydrogens (tertiary/aromatic N) is 5. The maximum atomic E-state index is 8.79. The van der Waals surface area contributed by atoms with Crippen LogP contribution in [0.4, 0.5) is 11.6 Å². The summed E-state index contributed by atoms with van der Waals surface area (Å²) < 4.78 is 0. The molecule has 0 unspecified atom stereocenters. The predicted octanol–water partition coefficient (Wildman–Crippen LogP) is 1.83. The van der Waals surface area contributed by atoms with E-state index in [-0.39, 0.29) is 0 Å². The molecule has 6 nitrogen and oxygen atoms in total. The highest BCUT2D eigenvalue weighted by atomic mass is 15.2. The molecule has 0 aromatic carbocycles. The number of pyridine rings is 1. The third kappa shape index (κ3) is 3.65. The number of aromatic nitrogens is 3. The second-order valence-corrected chi connectivity index (χ2v) is 4.20. The lowest BCUT2D eigenvalue weighted by molar-refractivity contribution is 0.777. The normalized spacial score (nSPS) is 9.80. The van der Waals surface area contributed by atoms with Crippen LogP contribution in [-0.4, -0.2) is 28.5 Å². The zero-order valence-corrected chi connectivity index (χ0v) is 11.3. The van der Waals surface area contributed by atoms with Gasteiger partial charge >= 0.3 is 0 Å². The topological polar surface area (TPSA) is 77.7 Å². The van der Waals surface area contributed by atoms with E-state index >= 15 is 0 Å². The summed E-state index contributed by atoms with van der Waals surface area (Å²) in [6.07, 6.45) is 7.36. The average molecular weight is 268 g/mol. The Bertz CT molecular complexity index is 578. The summed E-state index contributed by atoms with van der Waals surface area (Å²) in [7, 11) is 1.80. The fourth-order valence-corrected chi connectivity index (χ4v) is 1.80. The smallest absolute Gasteiger partial charge is 0.149 e. The maximum Gasteiger partial charge on any atom is 0.149 e. The first-order chi connectivity index (χ1) is 9.83. The van der Waals surface area contributed by atoms with E-state index in [9.17, 15) is 0 Å². The van der Waals surface area contributed by atoms with Crippen molar-refractivity contribution < 1.29 is 0 Å². The Hall–Kier alpha value is -2.68. The molecule has 0 atom stereocenters. The maximum absolute atomic E-state index is 8.79. The molecular weight excluding hydrogens is 252 g/mol. The van der Waals surface area contributed by atoms with Crippen molar-refractivity contribution in [3.63, 3.8) is 0 Å². The highest BCUT2D eigenvalue weighted by Gasteiger charge is 2.10. The summed E-state index contributed by atoms with van der Waals surface area (Å²) in [5, 5.41) is 11.8. The van der Waals surface area contributed by atoms with Crippen LogP contribution >= 0.6 is 0 Å². The Morgan fingerprint density at radius 2 is 2.20 bits per heavy atom. The third-order valence-electron chi connectivity index (χ3n) is 2.79. The fraction of sp³-hybridized carbons (Fsp3) is 0.286. The van der Waals surface area contributed by atoms with Gasteiger partial charge in [-0.2, -0.15) is 5.26 Å². The lowest BCUT2D eigenvalue weighted by atomic mass is 10.2. The minimum atomic E-state index is 0.436. The summed E-state index contributed by atoms with van der Waals surface area (Å²) in [6, 6.07) is 6.06. The van der Waals surface area contributed by atoms with Gasteiger partial charge in [-0.3, -0.25) is 9.97 Å².